The molecule has 0 unspecified atom stereocenters. The number of nitriles is 1. The average molecular weight is 623 g/mol. The van der Waals surface area contributed by atoms with E-state index >= 15 is 4.39 Å². The maximum atomic E-state index is 16.7. The standard InChI is InChI=1S/C31H33F3N8OS/c1-31(14-41(2)8-7-16(31)9-32)15-43-30-39-26-21(29(40-30)42-12-17-3-4-18(13-42)38-17)11-37-25(24(26)34)19-5-6-22(33)27-23(19)20(10-35)28(36)44-27/h5-6,11,16-18,38H,3-4,7-9,12-15,36H2,1-2H3/t16-,17-,18+,31+/m1/s1. The number of rotatable bonds is 6. The molecule has 4 aromatic rings. The Morgan fingerprint density at radius 3 is 2.70 bits per heavy atom. The number of thiophene rings is 1. The Bertz CT molecular complexity index is 1800. The summed E-state index contributed by atoms with van der Waals surface area (Å²) in [7, 11) is 2.01. The SMILES string of the molecule is CN1CC[C@H](CF)[C@](C)(COc2nc(N3C[C@H]4CC[C@@H](C3)N4)c3cnc(-c4ccc(F)c5sc(N)c(C#N)c45)c(F)c3n2)C1. The first-order valence-electron chi connectivity index (χ1n) is 14.8. The van der Waals surface area contributed by atoms with Gasteiger partial charge in [-0.2, -0.15) is 15.2 Å². The van der Waals surface area contributed by atoms with Crippen LogP contribution in [0, 0.1) is 34.3 Å². The number of nitrogen functional groups attached to an aromatic ring is 1. The Morgan fingerprint density at radius 1 is 1.20 bits per heavy atom. The minimum atomic E-state index is -0.735. The number of halogens is 3. The lowest BCUT2D eigenvalue weighted by Gasteiger charge is -2.43. The lowest BCUT2D eigenvalue weighted by atomic mass is 9.73. The molecule has 0 saturated carbocycles. The number of anilines is 2. The molecule has 3 N–H and O–H groups in total. The highest BCUT2D eigenvalue weighted by molar-refractivity contribution is 7.23. The fraction of sp³-hybridized carbons (Fsp3) is 0.484. The van der Waals surface area contributed by atoms with Crippen LogP contribution in [0.2, 0.25) is 0 Å². The van der Waals surface area contributed by atoms with E-state index in [0.717, 1.165) is 30.7 Å². The van der Waals surface area contributed by atoms with Crippen LogP contribution in [-0.4, -0.2) is 78.4 Å². The summed E-state index contributed by atoms with van der Waals surface area (Å²) in [6.07, 6.45) is 4.34. The number of alkyl halides is 1. The molecule has 3 saturated heterocycles. The second kappa shape index (κ2) is 11.0. The van der Waals surface area contributed by atoms with Crippen LogP contribution in [0.4, 0.5) is 24.0 Å². The Kier molecular flexibility index (Phi) is 7.26. The van der Waals surface area contributed by atoms with Crippen molar-refractivity contribution in [3.63, 3.8) is 0 Å². The molecule has 7 rings (SSSR count). The summed E-state index contributed by atoms with van der Waals surface area (Å²) in [6, 6.07) is 5.25. The number of piperidine rings is 1. The zero-order chi connectivity index (χ0) is 30.7. The quantitative estimate of drug-likeness (QED) is 0.310. The fourth-order valence-corrected chi connectivity index (χ4v) is 8.14. The second-order valence-electron chi connectivity index (χ2n) is 12.6. The van der Waals surface area contributed by atoms with E-state index in [1.54, 1.807) is 0 Å². The molecule has 3 aliphatic heterocycles. The summed E-state index contributed by atoms with van der Waals surface area (Å²) in [4.78, 5) is 18.1. The summed E-state index contributed by atoms with van der Waals surface area (Å²) >= 11 is 0.942. The van der Waals surface area contributed by atoms with Crippen LogP contribution in [-0.2, 0) is 0 Å². The Labute approximate surface area is 256 Å². The number of fused-ring (bicyclic) bond motifs is 4. The first-order chi connectivity index (χ1) is 21.2. The Hall–Kier alpha value is -3.73. The molecule has 230 valence electrons. The van der Waals surface area contributed by atoms with Gasteiger partial charge in [0.25, 0.3) is 0 Å². The van der Waals surface area contributed by atoms with Gasteiger partial charge in [-0.25, -0.2) is 8.78 Å². The fourth-order valence-electron chi connectivity index (χ4n) is 7.19. The van der Waals surface area contributed by atoms with Gasteiger partial charge in [-0.15, -0.1) is 11.3 Å². The van der Waals surface area contributed by atoms with Gasteiger partial charge < -0.3 is 25.6 Å². The molecule has 0 spiro atoms. The predicted octanol–water partition coefficient (Wildman–Crippen LogP) is 4.89. The zero-order valence-corrected chi connectivity index (χ0v) is 25.4. The molecule has 0 amide bonds. The monoisotopic (exact) mass is 622 g/mol. The van der Waals surface area contributed by atoms with Crippen molar-refractivity contribution in [2.45, 2.75) is 38.3 Å². The third-order valence-electron chi connectivity index (χ3n) is 9.54. The lowest BCUT2D eigenvalue weighted by Crippen LogP contribution is -2.51. The number of nitrogens with zero attached hydrogens (tertiary/aromatic N) is 6. The molecule has 13 heteroatoms. The summed E-state index contributed by atoms with van der Waals surface area (Å²) in [6.45, 7) is 4.57. The number of nitrogens with two attached hydrogens (primary N) is 1. The van der Waals surface area contributed by atoms with Crippen LogP contribution in [0.3, 0.4) is 0 Å². The first-order valence-corrected chi connectivity index (χ1v) is 15.7. The normalized spacial score (nSPS) is 25.5. The number of hydrogen-bond donors (Lipinski definition) is 2. The van der Waals surface area contributed by atoms with Crippen LogP contribution in [0.1, 0.15) is 31.7 Å². The van der Waals surface area contributed by atoms with E-state index in [9.17, 15) is 14.0 Å². The van der Waals surface area contributed by atoms with Crippen molar-refractivity contribution in [2.24, 2.45) is 11.3 Å². The number of benzene rings is 1. The molecule has 2 bridgehead atoms. The molecular formula is C31H33F3N8OS. The highest BCUT2D eigenvalue weighted by atomic mass is 32.1. The van der Waals surface area contributed by atoms with Gasteiger partial charge >= 0.3 is 6.01 Å². The topological polar surface area (TPSA) is 116 Å². The van der Waals surface area contributed by atoms with E-state index in [0.29, 0.717) is 49.3 Å². The number of hydrogen-bond acceptors (Lipinski definition) is 10. The number of likely N-dealkylation sites (tertiary alicyclic amines) is 1. The number of ether oxygens (including phenoxy) is 1. The Balaban J connectivity index is 1.36. The molecule has 44 heavy (non-hydrogen) atoms. The van der Waals surface area contributed by atoms with E-state index in [1.165, 1.54) is 18.3 Å². The van der Waals surface area contributed by atoms with E-state index in [4.69, 9.17) is 15.5 Å². The van der Waals surface area contributed by atoms with Crippen molar-refractivity contribution >= 4 is 43.1 Å². The van der Waals surface area contributed by atoms with Crippen molar-refractivity contribution in [3.8, 4) is 23.3 Å². The van der Waals surface area contributed by atoms with E-state index < -0.39 is 23.7 Å². The molecule has 0 aliphatic carbocycles. The number of piperazine rings is 1. The summed E-state index contributed by atoms with van der Waals surface area (Å²) in [5, 5.41) is 14.2. The molecule has 3 fully saturated rings. The zero-order valence-electron chi connectivity index (χ0n) is 24.5. The van der Waals surface area contributed by atoms with E-state index in [2.05, 4.69) is 25.1 Å². The minimum Gasteiger partial charge on any atom is -0.463 e. The first kappa shape index (κ1) is 29.0. The molecule has 3 aromatic heterocycles. The van der Waals surface area contributed by atoms with Crippen LogP contribution in [0.5, 0.6) is 6.01 Å². The number of pyridine rings is 1. The van der Waals surface area contributed by atoms with Crippen LogP contribution < -0.4 is 20.7 Å². The molecule has 1 aromatic carbocycles. The van der Waals surface area contributed by atoms with Gasteiger partial charge in [0.05, 0.1) is 28.9 Å². The smallest absolute Gasteiger partial charge is 0.319 e. The van der Waals surface area contributed by atoms with Gasteiger partial charge in [-0.05, 0) is 50.9 Å². The Morgan fingerprint density at radius 2 is 1.98 bits per heavy atom. The van der Waals surface area contributed by atoms with Gasteiger partial charge in [0, 0.05) is 54.3 Å². The van der Waals surface area contributed by atoms with Gasteiger partial charge in [0.1, 0.15) is 33.9 Å². The van der Waals surface area contributed by atoms with Crippen molar-refractivity contribution in [2.75, 3.05) is 57.1 Å². The van der Waals surface area contributed by atoms with Gasteiger partial charge in [-0.3, -0.25) is 9.37 Å². The largest absolute Gasteiger partial charge is 0.463 e. The number of aromatic nitrogens is 3. The highest BCUT2D eigenvalue weighted by Crippen LogP contribution is 2.43. The van der Waals surface area contributed by atoms with Crippen molar-refractivity contribution in [1.82, 2.24) is 25.2 Å². The van der Waals surface area contributed by atoms with E-state index in [-0.39, 0.29) is 56.0 Å². The second-order valence-corrected chi connectivity index (χ2v) is 13.7. The maximum Gasteiger partial charge on any atom is 0.319 e. The van der Waals surface area contributed by atoms with Gasteiger partial charge in [0.2, 0.25) is 0 Å². The molecule has 6 heterocycles. The molecule has 3 aliphatic rings. The summed E-state index contributed by atoms with van der Waals surface area (Å²) in [5.41, 5.74) is 5.81. The van der Waals surface area contributed by atoms with Gasteiger partial charge in [0.15, 0.2) is 5.82 Å². The maximum absolute atomic E-state index is 16.7. The minimum absolute atomic E-state index is 0.00299. The third-order valence-corrected chi connectivity index (χ3v) is 10.6. The van der Waals surface area contributed by atoms with Crippen molar-refractivity contribution in [3.05, 3.63) is 35.5 Å². The number of nitrogens with one attached hydrogen (secondary N) is 1. The van der Waals surface area contributed by atoms with E-state index in [1.807, 2.05) is 20.0 Å². The predicted molar refractivity (Wildman–Crippen MR) is 165 cm³/mol. The molecule has 9 nitrogen and oxygen atoms in total. The third kappa shape index (κ3) is 4.80. The van der Waals surface area contributed by atoms with Crippen LogP contribution in [0.25, 0.3) is 32.2 Å². The highest BCUT2D eigenvalue weighted by Gasteiger charge is 2.40. The van der Waals surface area contributed by atoms with Crippen molar-refractivity contribution < 1.29 is 17.9 Å². The average Bonchev–Trinajstić information content (AvgIpc) is 3.54. The lowest BCUT2D eigenvalue weighted by molar-refractivity contribution is 0.000322. The van der Waals surface area contributed by atoms with Crippen molar-refractivity contribution in [1.29, 1.82) is 5.26 Å². The molecule has 0 radical (unpaired) electrons. The van der Waals surface area contributed by atoms with Crippen LogP contribution in [0.15, 0.2) is 18.3 Å². The summed E-state index contributed by atoms with van der Waals surface area (Å²) in [5.74, 6) is -0.939. The van der Waals surface area contributed by atoms with Crippen LogP contribution >= 0.6 is 11.3 Å². The molecular weight excluding hydrogens is 589 g/mol. The molecule has 4 atom stereocenters. The van der Waals surface area contributed by atoms with Gasteiger partial charge in [-0.1, -0.05) is 6.92 Å². The summed E-state index contributed by atoms with van der Waals surface area (Å²) < 4.78 is 51.8.